The van der Waals surface area contributed by atoms with E-state index in [-0.39, 0.29) is 35.1 Å². The highest BCUT2D eigenvalue weighted by Gasteiger charge is 2.37. The predicted molar refractivity (Wildman–Crippen MR) is 185 cm³/mol. The van der Waals surface area contributed by atoms with Crippen LogP contribution in [0.15, 0.2) is 29.2 Å². The fourth-order valence-corrected chi connectivity index (χ4v) is 7.98. The van der Waals surface area contributed by atoms with Gasteiger partial charge in [0.15, 0.2) is 5.78 Å². The van der Waals surface area contributed by atoms with Crippen LogP contribution in [-0.4, -0.2) is 93.2 Å². The molecule has 3 aliphatic heterocycles. The predicted octanol–water partition coefficient (Wildman–Crippen LogP) is 5.44. The van der Waals surface area contributed by atoms with Gasteiger partial charge in [0.1, 0.15) is 23.6 Å². The van der Waals surface area contributed by atoms with Gasteiger partial charge in [0.25, 0.3) is 5.56 Å². The standard InChI is InChI=1S/C36H47N7O5/c1-22-28-19-37-34(39-32(28)43(26-8-6-7-9-26)33(45)31(22)23(2)44)38-24-10-11-29-30(18-24)47-21-27-20-41(16-17-42(27)29)25-12-14-40(15-13-25)35(46)48-36(3,4)5/h10-11,18-19,25-27H,6-9,12-17,20-21H2,1-5H3,(H,37,38,39)/t27-/m0/s1. The molecular weight excluding hydrogens is 610 g/mol. The summed E-state index contributed by atoms with van der Waals surface area (Å²) in [6.45, 7) is 13.8. The number of aromatic nitrogens is 3. The fraction of sp³-hybridized carbons (Fsp3) is 0.583. The highest BCUT2D eigenvalue weighted by atomic mass is 16.6. The minimum Gasteiger partial charge on any atom is -0.489 e. The number of amides is 1. The third kappa shape index (κ3) is 6.22. The van der Waals surface area contributed by atoms with Gasteiger partial charge < -0.3 is 24.6 Å². The summed E-state index contributed by atoms with van der Waals surface area (Å²) in [5.41, 5.74) is 2.57. The zero-order valence-corrected chi connectivity index (χ0v) is 28.8. The number of rotatable bonds is 5. The Bertz CT molecular complexity index is 1790. The maximum atomic E-state index is 13.6. The van der Waals surface area contributed by atoms with Crippen molar-refractivity contribution < 1.29 is 19.1 Å². The number of piperazine rings is 1. The molecule has 1 atom stereocenters. The number of ketones is 1. The molecule has 5 heterocycles. The number of hydrogen-bond donors (Lipinski definition) is 1. The molecule has 256 valence electrons. The number of Topliss-reactive ketones (excluding diaryl/α,β-unsaturated/α-hetero) is 1. The van der Waals surface area contributed by atoms with Gasteiger partial charge in [-0.05, 0) is 78.0 Å². The SMILES string of the molecule is CC(=O)c1c(C)c2cnc(Nc3ccc4c(c3)OC[C@@H]3CN(C5CCN(C(=O)OC(C)(C)C)CC5)CCN43)nc2n(C2CCCC2)c1=O. The number of hydrogen-bond acceptors (Lipinski definition) is 10. The van der Waals surface area contributed by atoms with E-state index in [1.54, 1.807) is 17.7 Å². The molecule has 4 aliphatic rings. The number of anilines is 3. The van der Waals surface area contributed by atoms with Crippen LogP contribution < -0.4 is 20.5 Å². The number of aryl methyl sites for hydroxylation is 1. The molecule has 0 unspecified atom stereocenters. The van der Waals surface area contributed by atoms with Crippen LogP contribution >= 0.6 is 0 Å². The van der Waals surface area contributed by atoms with Crippen molar-refractivity contribution in [2.75, 3.05) is 49.5 Å². The van der Waals surface area contributed by atoms with Crippen LogP contribution in [-0.2, 0) is 4.74 Å². The second kappa shape index (κ2) is 12.7. The number of piperidine rings is 1. The lowest BCUT2D eigenvalue weighted by Gasteiger charge is -2.49. The van der Waals surface area contributed by atoms with Gasteiger partial charge in [-0.15, -0.1) is 0 Å². The summed E-state index contributed by atoms with van der Waals surface area (Å²) < 4.78 is 13.6. The number of carbonyl (C=O) groups excluding carboxylic acids is 2. The van der Waals surface area contributed by atoms with Crippen molar-refractivity contribution >= 4 is 40.2 Å². The summed E-state index contributed by atoms with van der Waals surface area (Å²) in [6.07, 6.45) is 7.30. The van der Waals surface area contributed by atoms with E-state index in [4.69, 9.17) is 14.5 Å². The lowest BCUT2D eigenvalue weighted by atomic mass is 10.00. The molecule has 12 nitrogen and oxygen atoms in total. The number of fused-ring (bicyclic) bond motifs is 4. The molecule has 0 spiro atoms. The zero-order chi connectivity index (χ0) is 33.7. The molecule has 48 heavy (non-hydrogen) atoms. The van der Waals surface area contributed by atoms with Crippen molar-refractivity contribution in [2.24, 2.45) is 0 Å². The van der Waals surface area contributed by atoms with E-state index in [2.05, 4.69) is 26.2 Å². The van der Waals surface area contributed by atoms with Gasteiger partial charge in [-0.2, -0.15) is 4.98 Å². The molecule has 2 saturated heterocycles. The van der Waals surface area contributed by atoms with Crippen molar-refractivity contribution in [1.29, 1.82) is 0 Å². The molecule has 3 fully saturated rings. The van der Waals surface area contributed by atoms with Crippen LogP contribution in [0.3, 0.4) is 0 Å². The fourth-order valence-electron chi connectivity index (χ4n) is 7.98. The van der Waals surface area contributed by atoms with Gasteiger partial charge in [0, 0.05) is 68.1 Å². The van der Waals surface area contributed by atoms with Crippen LogP contribution in [0.25, 0.3) is 11.0 Å². The highest BCUT2D eigenvalue weighted by molar-refractivity contribution is 5.99. The molecule has 7 rings (SSSR count). The van der Waals surface area contributed by atoms with E-state index < -0.39 is 5.60 Å². The van der Waals surface area contributed by atoms with E-state index in [1.165, 1.54) is 6.92 Å². The first-order chi connectivity index (χ1) is 23.0. The maximum absolute atomic E-state index is 13.6. The Hall–Kier alpha value is -4.19. The van der Waals surface area contributed by atoms with Crippen LogP contribution in [0.5, 0.6) is 5.75 Å². The molecule has 1 saturated carbocycles. The van der Waals surface area contributed by atoms with Crippen molar-refractivity contribution in [1.82, 2.24) is 24.3 Å². The van der Waals surface area contributed by atoms with E-state index in [1.807, 2.05) is 37.8 Å². The Morgan fingerprint density at radius 3 is 2.46 bits per heavy atom. The topological polar surface area (TPSA) is 122 Å². The van der Waals surface area contributed by atoms with E-state index in [0.29, 0.717) is 29.8 Å². The van der Waals surface area contributed by atoms with Crippen LogP contribution in [0, 0.1) is 6.92 Å². The van der Waals surface area contributed by atoms with Crippen molar-refractivity contribution in [3.63, 3.8) is 0 Å². The molecule has 2 aromatic heterocycles. The van der Waals surface area contributed by atoms with Gasteiger partial charge in [-0.25, -0.2) is 9.78 Å². The van der Waals surface area contributed by atoms with E-state index in [9.17, 15) is 14.4 Å². The smallest absolute Gasteiger partial charge is 0.410 e. The third-order valence-corrected chi connectivity index (χ3v) is 10.4. The van der Waals surface area contributed by atoms with E-state index in [0.717, 1.165) is 93.8 Å². The van der Waals surface area contributed by atoms with Crippen LogP contribution in [0.4, 0.5) is 22.1 Å². The number of likely N-dealkylation sites (tertiary alicyclic amines) is 1. The van der Waals surface area contributed by atoms with Crippen molar-refractivity contribution in [2.45, 2.75) is 96.9 Å². The second-order valence-corrected chi connectivity index (χ2v) is 14.8. The van der Waals surface area contributed by atoms with Gasteiger partial charge in [0.2, 0.25) is 5.95 Å². The third-order valence-electron chi connectivity index (χ3n) is 10.4. The molecule has 12 heteroatoms. The van der Waals surface area contributed by atoms with Crippen molar-refractivity contribution in [3.05, 3.63) is 45.9 Å². The van der Waals surface area contributed by atoms with Gasteiger partial charge in [-0.3, -0.25) is 19.1 Å². The molecule has 3 aromatic rings. The summed E-state index contributed by atoms with van der Waals surface area (Å²) in [5, 5.41) is 4.06. The van der Waals surface area contributed by atoms with Gasteiger partial charge in [0.05, 0.1) is 17.3 Å². The normalized spacial score (nSPS) is 20.7. The maximum Gasteiger partial charge on any atom is 0.410 e. The van der Waals surface area contributed by atoms with Gasteiger partial charge >= 0.3 is 6.09 Å². The van der Waals surface area contributed by atoms with Gasteiger partial charge in [-0.1, -0.05) is 12.8 Å². The summed E-state index contributed by atoms with van der Waals surface area (Å²) in [5.74, 6) is 0.983. The lowest BCUT2D eigenvalue weighted by molar-refractivity contribution is 0.0123. The first kappa shape index (κ1) is 32.4. The summed E-state index contributed by atoms with van der Waals surface area (Å²) >= 11 is 0. The Labute approximate surface area is 281 Å². The minimum absolute atomic E-state index is 0.0250. The molecule has 0 bridgehead atoms. The Morgan fingerprint density at radius 2 is 1.75 bits per heavy atom. The molecule has 0 radical (unpaired) electrons. The number of nitrogens with zero attached hydrogens (tertiary/aromatic N) is 6. The number of benzene rings is 1. The molecular formula is C36H47N7O5. The molecule has 1 amide bonds. The number of pyridine rings is 1. The lowest BCUT2D eigenvalue weighted by Crippen LogP contribution is -2.60. The quantitative estimate of drug-likeness (QED) is 0.355. The molecule has 1 N–H and O–H groups in total. The average Bonchev–Trinajstić information content (AvgIpc) is 3.58. The number of ether oxygens (including phenoxy) is 2. The first-order valence-corrected chi connectivity index (χ1v) is 17.4. The number of carbonyl (C=O) groups is 2. The van der Waals surface area contributed by atoms with Crippen LogP contribution in [0.1, 0.15) is 88.2 Å². The summed E-state index contributed by atoms with van der Waals surface area (Å²) in [7, 11) is 0. The highest BCUT2D eigenvalue weighted by Crippen LogP contribution is 2.39. The first-order valence-electron chi connectivity index (χ1n) is 17.4. The molecule has 1 aliphatic carbocycles. The molecule has 1 aromatic carbocycles. The second-order valence-electron chi connectivity index (χ2n) is 14.8. The Morgan fingerprint density at radius 1 is 1.00 bits per heavy atom. The van der Waals surface area contributed by atoms with Crippen molar-refractivity contribution in [3.8, 4) is 5.75 Å². The Kier molecular flexibility index (Phi) is 8.55. The van der Waals surface area contributed by atoms with E-state index >= 15 is 0 Å². The summed E-state index contributed by atoms with van der Waals surface area (Å²) in [4.78, 5) is 54.9. The monoisotopic (exact) mass is 657 g/mol. The summed E-state index contributed by atoms with van der Waals surface area (Å²) in [6, 6.07) is 6.84. The number of nitrogens with one attached hydrogen (secondary N) is 1. The average molecular weight is 658 g/mol. The van der Waals surface area contributed by atoms with Crippen LogP contribution in [0.2, 0.25) is 0 Å². The Balaban J connectivity index is 1.04. The minimum atomic E-state index is -0.481. The zero-order valence-electron chi connectivity index (χ0n) is 28.8. The largest absolute Gasteiger partial charge is 0.489 e.